The summed E-state index contributed by atoms with van der Waals surface area (Å²) in [5, 5.41) is 3.21. The van der Waals surface area contributed by atoms with Crippen molar-refractivity contribution in [3.63, 3.8) is 0 Å². The number of amides is 1. The van der Waals surface area contributed by atoms with Crippen molar-refractivity contribution in [1.82, 2.24) is 10.2 Å². The summed E-state index contributed by atoms with van der Waals surface area (Å²) in [6.07, 6.45) is 6.23. The SMILES string of the molecule is CC1CN(C(C)C(=O)NC2CCCCC2)CC(CN)O1. The highest BCUT2D eigenvalue weighted by molar-refractivity contribution is 5.81. The fraction of sp³-hybridized carbons (Fsp3) is 0.933. The minimum Gasteiger partial charge on any atom is -0.371 e. The number of carbonyl (C=O) groups is 1. The van der Waals surface area contributed by atoms with Crippen molar-refractivity contribution in [2.24, 2.45) is 5.73 Å². The van der Waals surface area contributed by atoms with Gasteiger partial charge in [-0.15, -0.1) is 0 Å². The van der Waals surface area contributed by atoms with Crippen LogP contribution in [0.1, 0.15) is 46.0 Å². The summed E-state index contributed by atoms with van der Waals surface area (Å²) in [6.45, 7) is 6.10. The first kappa shape index (κ1) is 15.7. The van der Waals surface area contributed by atoms with Gasteiger partial charge in [0.2, 0.25) is 5.91 Å². The van der Waals surface area contributed by atoms with Crippen molar-refractivity contribution < 1.29 is 9.53 Å². The maximum atomic E-state index is 12.4. The fourth-order valence-corrected chi connectivity index (χ4v) is 3.26. The summed E-state index contributed by atoms with van der Waals surface area (Å²) >= 11 is 0. The zero-order valence-electron chi connectivity index (χ0n) is 12.8. The van der Waals surface area contributed by atoms with Crippen molar-refractivity contribution in [2.75, 3.05) is 19.6 Å². The van der Waals surface area contributed by atoms with Gasteiger partial charge in [-0.05, 0) is 26.7 Å². The van der Waals surface area contributed by atoms with Gasteiger partial charge in [0.1, 0.15) is 0 Å². The van der Waals surface area contributed by atoms with Crippen LogP contribution in [0.3, 0.4) is 0 Å². The van der Waals surface area contributed by atoms with E-state index in [9.17, 15) is 4.79 Å². The Balaban J connectivity index is 1.85. The van der Waals surface area contributed by atoms with Gasteiger partial charge in [0.05, 0.1) is 18.2 Å². The molecule has 3 atom stereocenters. The third-order valence-corrected chi connectivity index (χ3v) is 4.50. The van der Waals surface area contributed by atoms with Gasteiger partial charge in [0.25, 0.3) is 0 Å². The predicted molar refractivity (Wildman–Crippen MR) is 79.4 cm³/mol. The number of nitrogens with zero attached hydrogens (tertiary/aromatic N) is 1. The van der Waals surface area contributed by atoms with E-state index in [1.165, 1.54) is 19.3 Å². The van der Waals surface area contributed by atoms with Gasteiger partial charge in [-0.2, -0.15) is 0 Å². The molecule has 2 aliphatic rings. The number of hydrogen-bond donors (Lipinski definition) is 2. The monoisotopic (exact) mass is 283 g/mol. The highest BCUT2D eigenvalue weighted by Crippen LogP contribution is 2.18. The first-order chi connectivity index (χ1) is 9.60. The molecule has 1 saturated carbocycles. The highest BCUT2D eigenvalue weighted by atomic mass is 16.5. The van der Waals surface area contributed by atoms with Crippen LogP contribution >= 0.6 is 0 Å². The topological polar surface area (TPSA) is 67.6 Å². The molecular formula is C15H29N3O2. The molecule has 116 valence electrons. The Morgan fingerprint density at radius 2 is 2.05 bits per heavy atom. The average molecular weight is 283 g/mol. The van der Waals surface area contributed by atoms with Gasteiger partial charge in [0.15, 0.2) is 0 Å². The third-order valence-electron chi connectivity index (χ3n) is 4.50. The van der Waals surface area contributed by atoms with Crippen LogP contribution in [-0.4, -0.2) is 54.7 Å². The molecular weight excluding hydrogens is 254 g/mol. The molecule has 0 aromatic rings. The zero-order valence-corrected chi connectivity index (χ0v) is 12.8. The molecule has 1 saturated heterocycles. The quantitative estimate of drug-likeness (QED) is 0.803. The lowest BCUT2D eigenvalue weighted by Gasteiger charge is -2.39. The van der Waals surface area contributed by atoms with Crippen molar-refractivity contribution in [3.8, 4) is 0 Å². The number of nitrogens with two attached hydrogens (primary N) is 1. The van der Waals surface area contributed by atoms with Crippen LogP contribution in [0.4, 0.5) is 0 Å². The standard InChI is InChI=1S/C15H29N3O2/c1-11-9-18(10-14(8-16)20-11)12(2)15(19)17-13-6-4-3-5-7-13/h11-14H,3-10,16H2,1-2H3,(H,17,19). The maximum absolute atomic E-state index is 12.4. The molecule has 0 spiro atoms. The van der Waals surface area contributed by atoms with Gasteiger partial charge < -0.3 is 15.8 Å². The molecule has 1 aliphatic heterocycles. The summed E-state index contributed by atoms with van der Waals surface area (Å²) in [4.78, 5) is 14.6. The van der Waals surface area contributed by atoms with Crippen LogP contribution in [-0.2, 0) is 9.53 Å². The van der Waals surface area contributed by atoms with Crippen LogP contribution < -0.4 is 11.1 Å². The number of morpholine rings is 1. The second kappa shape index (κ2) is 7.38. The minimum absolute atomic E-state index is 0.0451. The van der Waals surface area contributed by atoms with E-state index in [1.807, 2.05) is 13.8 Å². The first-order valence-corrected chi connectivity index (χ1v) is 8.00. The van der Waals surface area contributed by atoms with E-state index in [1.54, 1.807) is 0 Å². The van der Waals surface area contributed by atoms with Crippen LogP contribution in [0, 0.1) is 0 Å². The molecule has 0 bridgehead atoms. The Morgan fingerprint density at radius 1 is 1.35 bits per heavy atom. The van der Waals surface area contributed by atoms with E-state index >= 15 is 0 Å². The molecule has 0 radical (unpaired) electrons. The molecule has 1 aliphatic carbocycles. The van der Waals surface area contributed by atoms with Gasteiger partial charge in [-0.25, -0.2) is 0 Å². The van der Waals surface area contributed by atoms with Gasteiger partial charge in [-0.1, -0.05) is 19.3 Å². The van der Waals surface area contributed by atoms with E-state index in [0.29, 0.717) is 12.6 Å². The lowest BCUT2D eigenvalue weighted by molar-refractivity contribution is -0.133. The van der Waals surface area contributed by atoms with Crippen molar-refractivity contribution in [2.45, 2.75) is 70.2 Å². The summed E-state index contributed by atoms with van der Waals surface area (Å²) in [5.41, 5.74) is 5.70. The first-order valence-electron chi connectivity index (χ1n) is 8.00. The Morgan fingerprint density at radius 3 is 2.70 bits per heavy atom. The van der Waals surface area contributed by atoms with Gasteiger partial charge >= 0.3 is 0 Å². The Labute approximate surface area is 122 Å². The van der Waals surface area contributed by atoms with Gasteiger partial charge in [-0.3, -0.25) is 9.69 Å². The number of carbonyl (C=O) groups excluding carboxylic acids is 1. The van der Waals surface area contributed by atoms with Crippen molar-refractivity contribution >= 4 is 5.91 Å². The van der Waals surface area contributed by atoms with Crippen molar-refractivity contribution in [3.05, 3.63) is 0 Å². The number of hydrogen-bond acceptors (Lipinski definition) is 4. The predicted octanol–water partition coefficient (Wildman–Crippen LogP) is 0.872. The van der Waals surface area contributed by atoms with Gasteiger partial charge in [0, 0.05) is 25.7 Å². The fourth-order valence-electron chi connectivity index (χ4n) is 3.26. The van der Waals surface area contributed by atoms with Crippen LogP contribution in [0.2, 0.25) is 0 Å². The molecule has 20 heavy (non-hydrogen) atoms. The van der Waals surface area contributed by atoms with E-state index in [-0.39, 0.29) is 24.2 Å². The second-order valence-corrected chi connectivity index (χ2v) is 6.28. The Hall–Kier alpha value is -0.650. The summed E-state index contributed by atoms with van der Waals surface area (Å²) in [7, 11) is 0. The molecule has 1 amide bonds. The molecule has 5 nitrogen and oxygen atoms in total. The Bertz CT molecular complexity index is 318. The number of nitrogens with one attached hydrogen (secondary N) is 1. The molecule has 5 heteroatoms. The van der Waals surface area contributed by atoms with Crippen LogP contribution in [0.15, 0.2) is 0 Å². The zero-order chi connectivity index (χ0) is 14.5. The molecule has 2 fully saturated rings. The lowest BCUT2D eigenvalue weighted by atomic mass is 9.95. The minimum atomic E-state index is -0.0997. The lowest BCUT2D eigenvalue weighted by Crippen LogP contribution is -2.56. The largest absolute Gasteiger partial charge is 0.371 e. The molecule has 1 heterocycles. The maximum Gasteiger partial charge on any atom is 0.237 e. The molecule has 3 unspecified atom stereocenters. The highest BCUT2D eigenvalue weighted by Gasteiger charge is 2.31. The van der Waals surface area contributed by atoms with E-state index in [2.05, 4.69) is 10.2 Å². The molecule has 0 aromatic carbocycles. The summed E-state index contributed by atoms with van der Waals surface area (Å²) in [6, 6.07) is 0.278. The van der Waals surface area contributed by atoms with Crippen LogP contribution in [0.25, 0.3) is 0 Å². The smallest absolute Gasteiger partial charge is 0.237 e. The average Bonchev–Trinajstić information content (AvgIpc) is 2.46. The van der Waals surface area contributed by atoms with Crippen molar-refractivity contribution in [1.29, 1.82) is 0 Å². The normalized spacial score (nSPS) is 30.9. The van der Waals surface area contributed by atoms with E-state index < -0.39 is 0 Å². The van der Waals surface area contributed by atoms with E-state index in [0.717, 1.165) is 25.9 Å². The summed E-state index contributed by atoms with van der Waals surface area (Å²) < 4.78 is 5.75. The number of rotatable bonds is 4. The number of ether oxygens (including phenoxy) is 1. The summed E-state index contributed by atoms with van der Waals surface area (Å²) in [5.74, 6) is 0.154. The van der Waals surface area contributed by atoms with Crippen LogP contribution in [0.5, 0.6) is 0 Å². The molecule has 0 aromatic heterocycles. The third kappa shape index (κ3) is 4.17. The Kier molecular flexibility index (Phi) is 5.81. The molecule has 2 rings (SSSR count). The van der Waals surface area contributed by atoms with E-state index in [4.69, 9.17) is 10.5 Å². The second-order valence-electron chi connectivity index (χ2n) is 6.28. The molecule has 3 N–H and O–H groups in total.